The molecular weight excluding hydrogens is 280 g/mol. The predicted octanol–water partition coefficient (Wildman–Crippen LogP) is 2.61. The molecule has 0 saturated heterocycles. The van der Waals surface area contributed by atoms with Gasteiger partial charge in [0, 0.05) is 26.3 Å². The fourth-order valence-electron chi connectivity index (χ4n) is 1.96. The number of hydrogen-bond acceptors (Lipinski definition) is 4. The molecule has 1 aromatic rings. The van der Waals surface area contributed by atoms with Gasteiger partial charge in [0.15, 0.2) is 6.61 Å². The second-order valence-corrected chi connectivity index (χ2v) is 5.43. The Morgan fingerprint density at radius 3 is 2.64 bits per heavy atom. The van der Waals surface area contributed by atoms with Crippen molar-refractivity contribution < 1.29 is 14.3 Å². The topological polar surface area (TPSA) is 58.6 Å². The van der Waals surface area contributed by atoms with Gasteiger partial charge >= 0.3 is 5.97 Å². The van der Waals surface area contributed by atoms with Gasteiger partial charge in [-0.05, 0) is 24.6 Å². The van der Waals surface area contributed by atoms with E-state index in [0.717, 1.165) is 24.9 Å². The number of rotatable bonds is 9. The van der Waals surface area contributed by atoms with Crippen molar-refractivity contribution in [2.45, 2.75) is 32.6 Å². The van der Waals surface area contributed by atoms with Gasteiger partial charge in [-0.1, -0.05) is 32.3 Å². The number of nitrogens with one attached hydrogen (secondary N) is 1. The molecule has 5 nitrogen and oxygen atoms in total. The molecule has 122 valence electrons. The first-order valence-electron chi connectivity index (χ1n) is 7.75. The van der Waals surface area contributed by atoms with E-state index in [9.17, 15) is 9.59 Å². The minimum absolute atomic E-state index is 0.237. The lowest BCUT2D eigenvalue weighted by atomic mass is 10.2. The summed E-state index contributed by atoms with van der Waals surface area (Å²) in [6, 6.07) is 7.11. The first-order valence-corrected chi connectivity index (χ1v) is 7.75. The van der Waals surface area contributed by atoms with Gasteiger partial charge in [-0.2, -0.15) is 0 Å². The lowest BCUT2D eigenvalue weighted by Crippen LogP contribution is -2.29. The number of carbonyl (C=O) groups is 2. The van der Waals surface area contributed by atoms with Crippen molar-refractivity contribution in [3.05, 3.63) is 29.8 Å². The molecule has 5 heteroatoms. The molecule has 1 rings (SSSR count). The van der Waals surface area contributed by atoms with Crippen LogP contribution in [0.15, 0.2) is 24.3 Å². The zero-order valence-corrected chi connectivity index (χ0v) is 13.7. The maximum atomic E-state index is 11.9. The third-order valence-electron chi connectivity index (χ3n) is 3.29. The van der Waals surface area contributed by atoms with Crippen LogP contribution in [-0.4, -0.2) is 39.1 Å². The largest absolute Gasteiger partial charge is 0.452 e. The van der Waals surface area contributed by atoms with Crippen LogP contribution >= 0.6 is 0 Å². The normalized spacial score (nSPS) is 10.1. The summed E-state index contributed by atoms with van der Waals surface area (Å²) in [4.78, 5) is 25.4. The van der Waals surface area contributed by atoms with Crippen LogP contribution in [0.1, 0.15) is 43.0 Å². The maximum Gasteiger partial charge on any atom is 0.338 e. The Labute approximate surface area is 132 Å². The van der Waals surface area contributed by atoms with Crippen LogP contribution in [0, 0.1) is 0 Å². The minimum Gasteiger partial charge on any atom is -0.452 e. The molecule has 0 radical (unpaired) electrons. The maximum absolute atomic E-state index is 11.9. The van der Waals surface area contributed by atoms with Crippen molar-refractivity contribution in [1.82, 2.24) is 5.32 Å². The van der Waals surface area contributed by atoms with E-state index in [1.165, 1.54) is 6.42 Å². The van der Waals surface area contributed by atoms with Gasteiger partial charge in [-0.15, -0.1) is 0 Å². The standard InChI is InChI=1S/C17H26N2O3/c1-4-5-6-7-11-18-16(20)13-22-17(21)14-9-8-10-15(12-14)19(2)3/h8-10,12H,4-7,11,13H2,1-3H3,(H,18,20). The third kappa shape index (κ3) is 6.61. The van der Waals surface area contributed by atoms with Gasteiger partial charge in [0.2, 0.25) is 0 Å². The molecule has 0 aliphatic rings. The van der Waals surface area contributed by atoms with Crippen LogP contribution in [0.25, 0.3) is 0 Å². The molecular formula is C17H26N2O3. The zero-order chi connectivity index (χ0) is 16.4. The Balaban J connectivity index is 2.33. The number of nitrogens with zero attached hydrogens (tertiary/aromatic N) is 1. The van der Waals surface area contributed by atoms with Crippen LogP contribution in [0.5, 0.6) is 0 Å². The Morgan fingerprint density at radius 2 is 1.95 bits per heavy atom. The molecule has 1 N–H and O–H groups in total. The average Bonchev–Trinajstić information content (AvgIpc) is 2.52. The Morgan fingerprint density at radius 1 is 1.18 bits per heavy atom. The minimum atomic E-state index is -0.482. The van der Waals surface area contributed by atoms with E-state index in [2.05, 4.69) is 12.2 Å². The van der Waals surface area contributed by atoms with Crippen LogP contribution in [0.2, 0.25) is 0 Å². The molecule has 1 aromatic carbocycles. The van der Waals surface area contributed by atoms with Crippen molar-refractivity contribution in [2.75, 3.05) is 32.1 Å². The Bertz CT molecular complexity index is 487. The van der Waals surface area contributed by atoms with Crippen LogP contribution in [0.4, 0.5) is 5.69 Å². The number of hydrogen-bond donors (Lipinski definition) is 1. The van der Waals surface area contributed by atoms with E-state index < -0.39 is 5.97 Å². The van der Waals surface area contributed by atoms with E-state index in [-0.39, 0.29) is 12.5 Å². The summed E-state index contributed by atoms with van der Waals surface area (Å²) in [6.45, 7) is 2.54. The highest BCUT2D eigenvalue weighted by molar-refractivity contribution is 5.92. The second-order valence-electron chi connectivity index (χ2n) is 5.43. The fourth-order valence-corrected chi connectivity index (χ4v) is 1.96. The van der Waals surface area contributed by atoms with E-state index in [4.69, 9.17) is 4.74 Å². The molecule has 0 spiro atoms. The monoisotopic (exact) mass is 306 g/mol. The number of amides is 1. The lowest BCUT2D eigenvalue weighted by Gasteiger charge is -2.13. The number of anilines is 1. The summed E-state index contributed by atoms with van der Waals surface area (Å²) < 4.78 is 5.03. The molecule has 0 fully saturated rings. The van der Waals surface area contributed by atoms with Crippen molar-refractivity contribution in [2.24, 2.45) is 0 Å². The average molecular weight is 306 g/mol. The van der Waals surface area contributed by atoms with E-state index in [0.29, 0.717) is 12.1 Å². The Kier molecular flexibility index (Phi) is 8.04. The summed E-state index contributed by atoms with van der Waals surface area (Å²) in [6.07, 6.45) is 4.40. The van der Waals surface area contributed by atoms with Crippen molar-refractivity contribution >= 4 is 17.6 Å². The van der Waals surface area contributed by atoms with Gasteiger partial charge in [0.1, 0.15) is 0 Å². The molecule has 22 heavy (non-hydrogen) atoms. The second kappa shape index (κ2) is 9.82. The number of carbonyl (C=O) groups excluding carboxylic acids is 2. The molecule has 0 saturated carbocycles. The van der Waals surface area contributed by atoms with Gasteiger partial charge in [-0.25, -0.2) is 4.79 Å². The van der Waals surface area contributed by atoms with Gasteiger partial charge in [-0.3, -0.25) is 4.79 Å². The first kappa shape index (κ1) is 18.0. The number of ether oxygens (including phenoxy) is 1. The summed E-state index contributed by atoms with van der Waals surface area (Å²) in [5.74, 6) is -0.738. The van der Waals surface area contributed by atoms with Gasteiger partial charge < -0.3 is 15.0 Å². The quantitative estimate of drug-likeness (QED) is 0.563. The first-order chi connectivity index (χ1) is 10.5. The Hall–Kier alpha value is -2.04. The number of esters is 1. The number of benzene rings is 1. The van der Waals surface area contributed by atoms with Crippen molar-refractivity contribution in [3.63, 3.8) is 0 Å². The highest BCUT2D eigenvalue weighted by atomic mass is 16.5. The van der Waals surface area contributed by atoms with Gasteiger partial charge in [0.25, 0.3) is 5.91 Å². The van der Waals surface area contributed by atoms with E-state index in [1.54, 1.807) is 18.2 Å². The molecule has 0 unspecified atom stereocenters. The van der Waals surface area contributed by atoms with Gasteiger partial charge in [0.05, 0.1) is 5.56 Å². The molecule has 0 heterocycles. The van der Waals surface area contributed by atoms with Crippen molar-refractivity contribution in [1.29, 1.82) is 0 Å². The third-order valence-corrected chi connectivity index (χ3v) is 3.29. The number of unbranched alkanes of at least 4 members (excludes halogenated alkanes) is 3. The molecule has 1 amide bonds. The molecule has 0 aliphatic carbocycles. The summed E-state index contributed by atoms with van der Waals surface area (Å²) in [5, 5.41) is 2.75. The van der Waals surface area contributed by atoms with Crippen LogP contribution < -0.4 is 10.2 Å². The highest BCUT2D eigenvalue weighted by Gasteiger charge is 2.10. The summed E-state index contributed by atoms with van der Waals surface area (Å²) in [5.41, 5.74) is 1.36. The molecule has 0 atom stereocenters. The van der Waals surface area contributed by atoms with Crippen LogP contribution in [-0.2, 0) is 9.53 Å². The molecule has 0 aliphatic heterocycles. The van der Waals surface area contributed by atoms with Crippen LogP contribution in [0.3, 0.4) is 0 Å². The summed E-state index contributed by atoms with van der Waals surface area (Å²) >= 11 is 0. The highest BCUT2D eigenvalue weighted by Crippen LogP contribution is 2.14. The fraction of sp³-hybridized carbons (Fsp3) is 0.529. The molecule has 0 bridgehead atoms. The predicted molar refractivity (Wildman–Crippen MR) is 88.2 cm³/mol. The summed E-state index contributed by atoms with van der Waals surface area (Å²) in [7, 11) is 3.80. The zero-order valence-electron chi connectivity index (χ0n) is 13.7. The van der Waals surface area contributed by atoms with E-state index in [1.807, 2.05) is 25.1 Å². The van der Waals surface area contributed by atoms with Crippen molar-refractivity contribution in [3.8, 4) is 0 Å². The van der Waals surface area contributed by atoms with E-state index >= 15 is 0 Å². The lowest BCUT2D eigenvalue weighted by molar-refractivity contribution is -0.124. The SMILES string of the molecule is CCCCCCNC(=O)COC(=O)c1cccc(N(C)C)c1. The smallest absolute Gasteiger partial charge is 0.338 e. The molecule has 0 aromatic heterocycles.